The van der Waals surface area contributed by atoms with Crippen molar-refractivity contribution >= 4 is 23.5 Å². The van der Waals surface area contributed by atoms with Gasteiger partial charge in [0.25, 0.3) is 0 Å². The van der Waals surface area contributed by atoms with E-state index in [1.165, 1.54) is 21.6 Å². The molecule has 2 rings (SSSR count). The number of ether oxygens (including phenoxy) is 2. The summed E-state index contributed by atoms with van der Waals surface area (Å²) in [6.45, 7) is 1.63. The van der Waals surface area contributed by atoms with Gasteiger partial charge in [0.15, 0.2) is 0 Å². The lowest BCUT2D eigenvalue weighted by Crippen LogP contribution is -1.97. The first-order valence-electron chi connectivity index (χ1n) is 8.14. The summed E-state index contributed by atoms with van der Waals surface area (Å²) in [6, 6.07) is 11.1. The monoisotopic (exact) mass is 330 g/mol. The van der Waals surface area contributed by atoms with Gasteiger partial charge in [-0.3, -0.25) is 0 Å². The summed E-state index contributed by atoms with van der Waals surface area (Å²) < 4.78 is 10.3. The Bertz CT molecular complexity index is 559. The van der Waals surface area contributed by atoms with Crippen LogP contribution in [0, 0.1) is 0 Å². The van der Waals surface area contributed by atoms with Crippen molar-refractivity contribution in [2.24, 2.45) is 0 Å². The fourth-order valence-corrected chi connectivity index (χ4v) is 3.20. The van der Waals surface area contributed by atoms with E-state index in [4.69, 9.17) is 9.47 Å². The lowest BCUT2D eigenvalue weighted by molar-refractivity contribution is 0.195. The molecule has 1 heterocycles. The Labute approximate surface area is 143 Å². The van der Waals surface area contributed by atoms with Gasteiger partial charge >= 0.3 is 0 Å². The predicted molar refractivity (Wildman–Crippen MR) is 100 cm³/mol. The minimum Gasteiger partial charge on any atom is -0.385 e. The molecule has 0 aliphatic carbocycles. The van der Waals surface area contributed by atoms with Gasteiger partial charge in [-0.15, -0.1) is 11.3 Å². The number of rotatable bonds is 10. The van der Waals surface area contributed by atoms with Gasteiger partial charge in [-0.05, 0) is 59.9 Å². The molecule has 0 aliphatic rings. The Hall–Kier alpha value is -1.42. The van der Waals surface area contributed by atoms with Gasteiger partial charge in [-0.2, -0.15) is 0 Å². The van der Waals surface area contributed by atoms with Crippen molar-refractivity contribution in [3.63, 3.8) is 0 Å². The summed E-state index contributed by atoms with van der Waals surface area (Å²) >= 11 is 1.76. The number of hydrogen-bond acceptors (Lipinski definition) is 3. The molecule has 0 bridgehead atoms. The average molecular weight is 330 g/mol. The molecule has 0 atom stereocenters. The number of methoxy groups -OCH3 is 2. The van der Waals surface area contributed by atoms with E-state index in [0.29, 0.717) is 0 Å². The highest BCUT2D eigenvalue weighted by molar-refractivity contribution is 7.10. The van der Waals surface area contributed by atoms with Crippen LogP contribution in [-0.2, 0) is 22.3 Å². The number of hydrogen-bond donors (Lipinski definition) is 0. The summed E-state index contributed by atoms with van der Waals surface area (Å²) in [5.41, 5.74) is 4.06. The number of aryl methyl sites for hydroxylation is 2. The van der Waals surface area contributed by atoms with Crippen molar-refractivity contribution in [2.45, 2.75) is 25.7 Å². The van der Waals surface area contributed by atoms with Crippen LogP contribution in [0.5, 0.6) is 0 Å². The molecule has 2 nitrogen and oxygen atoms in total. The molecule has 124 valence electrons. The van der Waals surface area contributed by atoms with Gasteiger partial charge in [0.1, 0.15) is 0 Å². The molecule has 0 unspecified atom stereocenters. The van der Waals surface area contributed by atoms with E-state index < -0.39 is 0 Å². The summed E-state index contributed by atoms with van der Waals surface area (Å²) in [4.78, 5) is 1.29. The fourth-order valence-electron chi connectivity index (χ4n) is 2.58. The zero-order valence-corrected chi connectivity index (χ0v) is 14.9. The van der Waals surface area contributed by atoms with Gasteiger partial charge in [0, 0.05) is 32.3 Å². The Morgan fingerprint density at radius 2 is 1.57 bits per heavy atom. The van der Waals surface area contributed by atoms with Crippen LogP contribution in [0.25, 0.3) is 12.2 Å². The summed E-state index contributed by atoms with van der Waals surface area (Å²) in [5.74, 6) is 0. The van der Waals surface area contributed by atoms with Crippen LogP contribution in [0.2, 0.25) is 0 Å². The van der Waals surface area contributed by atoms with Gasteiger partial charge in [0.2, 0.25) is 0 Å². The highest BCUT2D eigenvalue weighted by atomic mass is 32.1. The molecule has 0 saturated carbocycles. The normalized spacial score (nSPS) is 11.4. The minimum absolute atomic E-state index is 0.814. The first-order valence-corrected chi connectivity index (χ1v) is 9.02. The minimum atomic E-state index is 0.814. The second kappa shape index (κ2) is 10.4. The Morgan fingerprint density at radius 1 is 0.913 bits per heavy atom. The maximum absolute atomic E-state index is 5.17. The Morgan fingerprint density at radius 3 is 2.09 bits per heavy atom. The zero-order chi connectivity index (χ0) is 16.3. The van der Waals surface area contributed by atoms with Crippen molar-refractivity contribution in [2.75, 3.05) is 27.4 Å². The van der Waals surface area contributed by atoms with Gasteiger partial charge in [0.05, 0.1) is 0 Å². The van der Waals surface area contributed by atoms with Gasteiger partial charge < -0.3 is 9.47 Å². The molecule has 1 aromatic heterocycles. The molecule has 1 aromatic carbocycles. The lowest BCUT2D eigenvalue weighted by atomic mass is 9.99. The van der Waals surface area contributed by atoms with Gasteiger partial charge in [-0.25, -0.2) is 0 Å². The summed E-state index contributed by atoms with van der Waals surface area (Å²) in [7, 11) is 3.52. The molecule has 0 fully saturated rings. The third-order valence-electron chi connectivity index (χ3n) is 3.69. The first kappa shape index (κ1) is 17.9. The van der Waals surface area contributed by atoms with Crippen LogP contribution in [0.4, 0.5) is 0 Å². The second-order valence-electron chi connectivity index (χ2n) is 5.62. The first-order chi connectivity index (χ1) is 11.3. The van der Waals surface area contributed by atoms with E-state index >= 15 is 0 Å². The van der Waals surface area contributed by atoms with Crippen molar-refractivity contribution in [3.05, 3.63) is 57.3 Å². The molecule has 0 N–H and O–H groups in total. The van der Waals surface area contributed by atoms with Crippen molar-refractivity contribution in [1.29, 1.82) is 0 Å². The lowest BCUT2D eigenvalue weighted by Gasteiger charge is -2.08. The van der Waals surface area contributed by atoms with Crippen LogP contribution in [0.3, 0.4) is 0 Å². The summed E-state index contributed by atoms with van der Waals surface area (Å²) in [5, 5.41) is 2.11. The molecule has 0 amide bonds. The Balaban J connectivity index is 2.10. The zero-order valence-electron chi connectivity index (χ0n) is 14.1. The largest absolute Gasteiger partial charge is 0.385 e. The molecule has 0 aliphatic heterocycles. The van der Waals surface area contributed by atoms with E-state index in [1.807, 2.05) is 0 Å². The highest BCUT2D eigenvalue weighted by Crippen LogP contribution is 2.18. The summed E-state index contributed by atoms with van der Waals surface area (Å²) in [6.07, 6.45) is 8.65. The standard InChI is InChI=1S/C20H26O2S/c1-21-11-3-6-17-14-18(7-4-12-22-2)16-19(15-17)9-10-20-8-5-13-23-20/h5,8-10,13-16H,3-4,6-7,11-12H2,1-2H3. The average Bonchev–Trinajstić information content (AvgIpc) is 3.07. The number of benzene rings is 1. The maximum Gasteiger partial charge on any atom is 0.0465 e. The molecule has 3 heteroatoms. The topological polar surface area (TPSA) is 18.5 Å². The van der Waals surface area contributed by atoms with E-state index in [1.54, 1.807) is 25.6 Å². The van der Waals surface area contributed by atoms with Crippen LogP contribution in [0.1, 0.15) is 34.4 Å². The van der Waals surface area contributed by atoms with Gasteiger partial charge in [-0.1, -0.05) is 30.3 Å². The second-order valence-corrected chi connectivity index (χ2v) is 6.60. The van der Waals surface area contributed by atoms with Crippen LogP contribution in [-0.4, -0.2) is 27.4 Å². The quantitative estimate of drug-likeness (QED) is 0.566. The molecular weight excluding hydrogens is 304 g/mol. The molecule has 23 heavy (non-hydrogen) atoms. The van der Waals surface area contributed by atoms with Crippen LogP contribution in [0.15, 0.2) is 35.7 Å². The van der Waals surface area contributed by atoms with E-state index in [9.17, 15) is 0 Å². The molecule has 0 radical (unpaired) electrons. The van der Waals surface area contributed by atoms with Crippen LogP contribution >= 0.6 is 11.3 Å². The SMILES string of the molecule is COCCCc1cc(C=Cc2cccs2)cc(CCCOC)c1. The third-order valence-corrected chi connectivity index (χ3v) is 4.52. The predicted octanol–water partition coefficient (Wildman–Crippen LogP) is 5.08. The van der Waals surface area contributed by atoms with E-state index in [0.717, 1.165) is 38.9 Å². The number of thiophene rings is 1. The van der Waals surface area contributed by atoms with Crippen molar-refractivity contribution in [1.82, 2.24) is 0 Å². The van der Waals surface area contributed by atoms with Crippen molar-refractivity contribution < 1.29 is 9.47 Å². The fraction of sp³-hybridized carbons (Fsp3) is 0.400. The third kappa shape index (κ3) is 6.69. The maximum atomic E-state index is 5.17. The molecule has 0 saturated heterocycles. The smallest absolute Gasteiger partial charge is 0.0465 e. The molecule has 2 aromatic rings. The highest BCUT2D eigenvalue weighted by Gasteiger charge is 2.01. The van der Waals surface area contributed by atoms with E-state index in [2.05, 4.69) is 47.9 Å². The van der Waals surface area contributed by atoms with E-state index in [-0.39, 0.29) is 0 Å². The van der Waals surface area contributed by atoms with Crippen molar-refractivity contribution in [3.8, 4) is 0 Å². The van der Waals surface area contributed by atoms with Crippen LogP contribution < -0.4 is 0 Å². The Kier molecular flexibility index (Phi) is 8.08. The molecule has 0 spiro atoms. The molecular formula is C20H26O2S.